The molecule has 126 valence electrons. The average molecular weight is 368 g/mol. The van der Waals surface area contributed by atoms with Gasteiger partial charge >= 0.3 is 0 Å². The van der Waals surface area contributed by atoms with Crippen LogP contribution in [0.3, 0.4) is 0 Å². The van der Waals surface area contributed by atoms with Crippen LogP contribution in [-0.4, -0.2) is 11.8 Å². The molecule has 4 nitrogen and oxygen atoms in total. The second-order valence-corrected chi connectivity index (χ2v) is 7.94. The molecule has 6 heteroatoms. The molecule has 0 fully saturated rings. The monoisotopic (exact) mass is 368 g/mol. The molecule has 2 N–H and O–H groups in total. The van der Waals surface area contributed by atoms with Crippen molar-refractivity contribution in [2.45, 2.75) is 19.3 Å². The maximum absolute atomic E-state index is 12.7. The van der Waals surface area contributed by atoms with Gasteiger partial charge in [-0.25, -0.2) is 0 Å². The smallest absolute Gasteiger partial charge is 0.266 e. The Morgan fingerprint density at radius 2 is 2.00 bits per heavy atom. The van der Waals surface area contributed by atoms with Crippen LogP contribution in [0.2, 0.25) is 0 Å². The molecule has 0 spiro atoms. The summed E-state index contributed by atoms with van der Waals surface area (Å²) in [5.41, 5.74) is 2.79. The number of rotatable bonds is 3. The van der Waals surface area contributed by atoms with Gasteiger partial charge in [0.05, 0.1) is 9.88 Å². The lowest BCUT2D eigenvalue weighted by molar-refractivity contribution is -0.116. The summed E-state index contributed by atoms with van der Waals surface area (Å²) in [6.45, 7) is 1.97. The highest BCUT2D eigenvalue weighted by molar-refractivity contribution is 7.18. The van der Waals surface area contributed by atoms with E-state index in [4.69, 9.17) is 0 Å². The van der Waals surface area contributed by atoms with Gasteiger partial charge in [0.15, 0.2) is 0 Å². The highest BCUT2D eigenvalue weighted by Gasteiger charge is 2.33. The third-order valence-corrected chi connectivity index (χ3v) is 6.52. The summed E-state index contributed by atoms with van der Waals surface area (Å²) in [7, 11) is 0. The van der Waals surface area contributed by atoms with Gasteiger partial charge in [0, 0.05) is 22.9 Å². The zero-order valence-corrected chi connectivity index (χ0v) is 15.2. The molecule has 0 bridgehead atoms. The van der Waals surface area contributed by atoms with Crippen molar-refractivity contribution in [1.82, 2.24) is 0 Å². The van der Waals surface area contributed by atoms with Crippen molar-refractivity contribution >= 4 is 45.2 Å². The van der Waals surface area contributed by atoms with E-state index < -0.39 is 0 Å². The largest absolute Gasteiger partial charge is 0.321 e. The minimum atomic E-state index is -0.137. The number of carbonyl (C=O) groups is 2. The molecule has 1 atom stereocenters. The van der Waals surface area contributed by atoms with E-state index in [2.05, 4.69) is 16.7 Å². The van der Waals surface area contributed by atoms with E-state index in [0.717, 1.165) is 26.7 Å². The Morgan fingerprint density at radius 3 is 2.72 bits per heavy atom. The molecule has 2 amide bonds. The average Bonchev–Trinajstić information content (AvgIpc) is 3.23. The van der Waals surface area contributed by atoms with Crippen molar-refractivity contribution in [3.63, 3.8) is 0 Å². The van der Waals surface area contributed by atoms with Gasteiger partial charge in [-0.3, -0.25) is 9.59 Å². The lowest BCUT2D eigenvalue weighted by Crippen LogP contribution is -2.22. The molecular formula is C19H16N2O2S2. The Morgan fingerprint density at radius 1 is 1.20 bits per heavy atom. The second-order valence-electron chi connectivity index (χ2n) is 5.94. The van der Waals surface area contributed by atoms with Crippen molar-refractivity contribution < 1.29 is 9.59 Å². The predicted octanol–water partition coefficient (Wildman–Crippen LogP) is 4.84. The number of anilines is 2. The Labute approximate surface area is 153 Å². The molecular weight excluding hydrogens is 352 g/mol. The summed E-state index contributed by atoms with van der Waals surface area (Å²) in [4.78, 5) is 26.6. The number of fused-ring (bicyclic) bond motifs is 1. The number of nitrogens with one attached hydrogen (secondary N) is 2. The first-order chi connectivity index (χ1) is 12.1. The van der Waals surface area contributed by atoms with Crippen LogP contribution in [0.1, 0.15) is 38.0 Å². The van der Waals surface area contributed by atoms with Gasteiger partial charge < -0.3 is 10.6 Å². The Balaban J connectivity index is 1.71. The molecule has 4 rings (SSSR count). The Bertz CT molecular complexity index is 930. The fraction of sp³-hybridized carbons (Fsp3) is 0.158. The first kappa shape index (κ1) is 16.1. The van der Waals surface area contributed by atoms with Gasteiger partial charge in [-0.15, -0.1) is 22.7 Å². The molecule has 1 aromatic carbocycles. The highest BCUT2D eigenvalue weighted by Crippen LogP contribution is 2.46. The number of hydrogen-bond acceptors (Lipinski definition) is 4. The molecule has 0 saturated heterocycles. The topological polar surface area (TPSA) is 58.2 Å². The van der Waals surface area contributed by atoms with E-state index in [1.54, 1.807) is 11.3 Å². The van der Waals surface area contributed by atoms with E-state index in [1.165, 1.54) is 11.3 Å². The van der Waals surface area contributed by atoms with Crippen molar-refractivity contribution in [2.24, 2.45) is 0 Å². The molecule has 2 aromatic heterocycles. The quantitative estimate of drug-likeness (QED) is 0.695. The number of para-hydroxylation sites is 1. The first-order valence-corrected chi connectivity index (χ1v) is 9.66. The number of amides is 2. The zero-order valence-electron chi connectivity index (χ0n) is 13.5. The summed E-state index contributed by atoms with van der Waals surface area (Å²) in [6.07, 6.45) is 0.421. The van der Waals surface area contributed by atoms with Crippen molar-refractivity contribution in [1.29, 1.82) is 0 Å². The number of benzene rings is 1. The normalized spacial score (nSPS) is 16.2. The standard InChI is InChI=1S/C19H16N2O2S2/c1-11-16-13(14-8-5-9-24-14)10-15(22)21-19(16)25-17(11)18(23)20-12-6-3-2-4-7-12/h2-9,13H,10H2,1H3,(H,20,23)(H,21,22)/t13-/m1/s1. The minimum Gasteiger partial charge on any atom is -0.321 e. The van der Waals surface area contributed by atoms with Crippen molar-refractivity contribution in [3.8, 4) is 0 Å². The van der Waals surface area contributed by atoms with E-state index >= 15 is 0 Å². The molecule has 3 heterocycles. The Hall–Kier alpha value is -2.44. The maximum Gasteiger partial charge on any atom is 0.266 e. The van der Waals surface area contributed by atoms with Crippen LogP contribution in [0.25, 0.3) is 0 Å². The van der Waals surface area contributed by atoms with Gasteiger partial charge in [-0.05, 0) is 41.6 Å². The van der Waals surface area contributed by atoms with Gasteiger partial charge in [0.1, 0.15) is 0 Å². The summed E-state index contributed by atoms with van der Waals surface area (Å²) in [5.74, 6) is -0.109. The minimum absolute atomic E-state index is 0.00201. The van der Waals surface area contributed by atoms with E-state index in [1.807, 2.05) is 48.7 Å². The molecule has 25 heavy (non-hydrogen) atoms. The van der Waals surface area contributed by atoms with Gasteiger partial charge in [-0.1, -0.05) is 24.3 Å². The molecule has 0 saturated carbocycles. The van der Waals surface area contributed by atoms with Crippen molar-refractivity contribution in [3.05, 3.63) is 68.7 Å². The van der Waals surface area contributed by atoms with Crippen LogP contribution in [0.5, 0.6) is 0 Å². The molecule has 3 aromatic rings. The van der Waals surface area contributed by atoms with Crippen LogP contribution >= 0.6 is 22.7 Å². The summed E-state index contributed by atoms with van der Waals surface area (Å²) in [5, 5.41) is 8.68. The van der Waals surface area contributed by atoms with E-state index in [-0.39, 0.29) is 17.7 Å². The second kappa shape index (κ2) is 6.46. The van der Waals surface area contributed by atoms with Gasteiger partial charge in [-0.2, -0.15) is 0 Å². The molecule has 0 aliphatic carbocycles. The number of carbonyl (C=O) groups excluding carboxylic acids is 2. The lowest BCUT2D eigenvalue weighted by atomic mass is 9.89. The molecule has 0 unspecified atom stereocenters. The van der Waals surface area contributed by atoms with Crippen LogP contribution in [0, 0.1) is 6.92 Å². The molecule has 1 aliphatic heterocycles. The zero-order chi connectivity index (χ0) is 17.4. The number of hydrogen-bond donors (Lipinski definition) is 2. The van der Waals surface area contributed by atoms with Gasteiger partial charge in [0.2, 0.25) is 5.91 Å². The van der Waals surface area contributed by atoms with Crippen LogP contribution in [-0.2, 0) is 4.79 Å². The van der Waals surface area contributed by atoms with Crippen LogP contribution in [0.4, 0.5) is 10.7 Å². The third kappa shape index (κ3) is 2.99. The molecule has 0 radical (unpaired) electrons. The van der Waals surface area contributed by atoms with Gasteiger partial charge in [0.25, 0.3) is 5.91 Å². The number of thiophene rings is 2. The summed E-state index contributed by atoms with van der Waals surface area (Å²) < 4.78 is 0. The predicted molar refractivity (Wildman–Crippen MR) is 103 cm³/mol. The van der Waals surface area contributed by atoms with Crippen LogP contribution in [0.15, 0.2) is 47.8 Å². The summed E-state index contributed by atoms with van der Waals surface area (Å²) in [6, 6.07) is 13.4. The third-order valence-electron chi connectivity index (χ3n) is 4.31. The highest BCUT2D eigenvalue weighted by atomic mass is 32.1. The van der Waals surface area contributed by atoms with Crippen LogP contribution < -0.4 is 10.6 Å². The maximum atomic E-state index is 12.7. The van der Waals surface area contributed by atoms with Crippen molar-refractivity contribution in [2.75, 3.05) is 10.6 Å². The van der Waals surface area contributed by atoms with E-state index in [0.29, 0.717) is 11.3 Å². The fourth-order valence-corrected chi connectivity index (χ4v) is 5.18. The fourth-order valence-electron chi connectivity index (χ4n) is 3.16. The lowest BCUT2D eigenvalue weighted by Gasteiger charge is -2.22. The first-order valence-electron chi connectivity index (χ1n) is 7.96. The Kier molecular flexibility index (Phi) is 4.15. The molecule has 1 aliphatic rings. The SMILES string of the molecule is Cc1c(C(=O)Nc2ccccc2)sc2c1[C@@H](c1cccs1)CC(=O)N2. The van der Waals surface area contributed by atoms with E-state index in [9.17, 15) is 9.59 Å². The summed E-state index contributed by atoms with van der Waals surface area (Å²) >= 11 is 3.00.